The van der Waals surface area contributed by atoms with Crippen molar-refractivity contribution in [3.05, 3.63) is 28.8 Å². The maximum Gasteiger partial charge on any atom is 0.235 e. The van der Waals surface area contributed by atoms with Crippen LogP contribution in [-0.2, 0) is 0 Å². The zero-order valence-electron chi connectivity index (χ0n) is 6.86. The van der Waals surface area contributed by atoms with Gasteiger partial charge in [-0.2, -0.15) is 0 Å². The zero-order chi connectivity index (χ0) is 9.42. The predicted molar refractivity (Wildman–Crippen MR) is 50.7 cm³/mol. The van der Waals surface area contributed by atoms with Crippen molar-refractivity contribution < 1.29 is 4.79 Å². The van der Waals surface area contributed by atoms with Crippen LogP contribution in [0.4, 0.5) is 0 Å². The highest BCUT2D eigenvalue weighted by Gasteiger charge is 2.13. The topological polar surface area (TPSA) is 47.3 Å². The molecule has 2 heterocycles. The molecule has 0 spiro atoms. The maximum absolute atomic E-state index is 11.2. The number of carbonyl (C=O) groups is 1. The summed E-state index contributed by atoms with van der Waals surface area (Å²) in [6.45, 7) is 1.50. The molecule has 0 unspecified atom stereocenters. The molecule has 66 valence electrons. The van der Waals surface area contributed by atoms with E-state index >= 15 is 0 Å². The molecule has 0 N–H and O–H groups in total. The van der Waals surface area contributed by atoms with Crippen LogP contribution in [0.1, 0.15) is 17.4 Å². The highest BCUT2D eigenvalue weighted by molar-refractivity contribution is 9.10. The van der Waals surface area contributed by atoms with Gasteiger partial charge in [-0.15, -0.1) is 0 Å². The monoisotopic (exact) mass is 239 g/mol. The van der Waals surface area contributed by atoms with Crippen LogP contribution in [0.5, 0.6) is 0 Å². The average molecular weight is 240 g/mol. The van der Waals surface area contributed by atoms with E-state index in [4.69, 9.17) is 0 Å². The van der Waals surface area contributed by atoms with E-state index in [-0.39, 0.29) is 5.78 Å². The molecule has 0 fully saturated rings. The fourth-order valence-electron chi connectivity index (χ4n) is 1.18. The van der Waals surface area contributed by atoms with Crippen molar-refractivity contribution in [2.45, 2.75) is 6.92 Å². The van der Waals surface area contributed by atoms with Crippen LogP contribution in [0.15, 0.2) is 23.1 Å². The quantitative estimate of drug-likeness (QED) is 0.712. The Balaban J connectivity index is 2.86. The van der Waals surface area contributed by atoms with Gasteiger partial charge < -0.3 is 0 Å². The third-order valence-electron chi connectivity index (χ3n) is 1.69. The van der Waals surface area contributed by atoms with Crippen LogP contribution >= 0.6 is 15.9 Å². The number of carbonyl (C=O) groups excluding carboxylic acids is 1. The zero-order valence-corrected chi connectivity index (χ0v) is 8.45. The van der Waals surface area contributed by atoms with Gasteiger partial charge in [-0.1, -0.05) is 0 Å². The molecule has 0 amide bonds. The summed E-state index contributed by atoms with van der Waals surface area (Å²) in [7, 11) is 0. The molecule has 0 aromatic carbocycles. The van der Waals surface area contributed by atoms with Gasteiger partial charge in [-0.25, -0.2) is 9.97 Å². The minimum Gasteiger partial charge on any atom is -0.293 e. The van der Waals surface area contributed by atoms with Gasteiger partial charge >= 0.3 is 0 Å². The first-order valence-electron chi connectivity index (χ1n) is 3.69. The lowest BCUT2D eigenvalue weighted by molar-refractivity contribution is 0.101. The summed E-state index contributed by atoms with van der Waals surface area (Å²) < 4.78 is 2.20. The summed E-state index contributed by atoms with van der Waals surface area (Å²) in [5.74, 6) is 0.493. The van der Waals surface area contributed by atoms with E-state index in [0.717, 1.165) is 0 Å². The maximum atomic E-state index is 11.2. The standard InChI is InChI=1S/C8H6BrN3O/c1-5(13)6-7(9)11-8-10-3-2-4-12(6)8/h2-4H,1H3. The van der Waals surface area contributed by atoms with Crippen molar-refractivity contribution in [2.75, 3.05) is 0 Å². The van der Waals surface area contributed by atoms with E-state index in [0.29, 0.717) is 16.1 Å². The van der Waals surface area contributed by atoms with E-state index in [1.807, 2.05) is 0 Å². The number of imidazole rings is 1. The number of hydrogen-bond acceptors (Lipinski definition) is 3. The summed E-state index contributed by atoms with van der Waals surface area (Å²) in [5.41, 5.74) is 0.531. The summed E-state index contributed by atoms with van der Waals surface area (Å²) in [6, 6.07) is 1.76. The Bertz CT molecular complexity index is 477. The van der Waals surface area contributed by atoms with E-state index in [9.17, 15) is 4.79 Å². The van der Waals surface area contributed by atoms with Crippen molar-refractivity contribution in [2.24, 2.45) is 0 Å². The highest BCUT2D eigenvalue weighted by Crippen LogP contribution is 2.16. The van der Waals surface area contributed by atoms with E-state index in [1.54, 1.807) is 22.9 Å². The Hall–Kier alpha value is -1.23. The molecule has 2 rings (SSSR count). The molecule has 2 aromatic heterocycles. The molecule has 0 aliphatic heterocycles. The van der Waals surface area contributed by atoms with Crippen molar-refractivity contribution in [3.8, 4) is 0 Å². The number of ketones is 1. The van der Waals surface area contributed by atoms with Crippen molar-refractivity contribution >= 4 is 27.5 Å². The number of rotatable bonds is 1. The largest absolute Gasteiger partial charge is 0.293 e. The number of hydrogen-bond donors (Lipinski definition) is 0. The SMILES string of the molecule is CC(=O)c1c(Br)nc2ncccn12. The lowest BCUT2D eigenvalue weighted by Gasteiger charge is -1.94. The molecular weight excluding hydrogens is 234 g/mol. The van der Waals surface area contributed by atoms with E-state index < -0.39 is 0 Å². The number of nitrogens with zero attached hydrogens (tertiary/aromatic N) is 3. The summed E-state index contributed by atoms with van der Waals surface area (Å²) >= 11 is 3.22. The molecule has 5 heteroatoms. The fourth-order valence-corrected chi connectivity index (χ4v) is 1.80. The lowest BCUT2D eigenvalue weighted by atomic mass is 10.3. The van der Waals surface area contributed by atoms with Gasteiger partial charge in [0.25, 0.3) is 0 Å². The second-order valence-electron chi connectivity index (χ2n) is 2.60. The van der Waals surface area contributed by atoms with Gasteiger partial charge in [0.05, 0.1) is 0 Å². The molecule has 13 heavy (non-hydrogen) atoms. The lowest BCUT2D eigenvalue weighted by Crippen LogP contribution is -1.99. The number of Topliss-reactive ketones (excluding diaryl/α,β-unsaturated/α-hetero) is 1. The number of aromatic nitrogens is 3. The van der Waals surface area contributed by atoms with Gasteiger partial charge in [-0.05, 0) is 22.0 Å². The second kappa shape index (κ2) is 2.92. The van der Waals surface area contributed by atoms with E-state index in [1.165, 1.54) is 6.92 Å². The Morgan fingerprint density at radius 2 is 2.38 bits per heavy atom. The average Bonchev–Trinajstić information content (AvgIpc) is 2.39. The number of halogens is 1. The molecule has 0 saturated carbocycles. The van der Waals surface area contributed by atoms with Gasteiger partial charge in [0.1, 0.15) is 10.3 Å². The first-order chi connectivity index (χ1) is 6.20. The Morgan fingerprint density at radius 3 is 3.08 bits per heavy atom. The molecule has 0 aliphatic rings. The molecule has 0 radical (unpaired) electrons. The molecular formula is C8H6BrN3O. The first kappa shape index (κ1) is 8.37. The summed E-state index contributed by atoms with van der Waals surface area (Å²) in [4.78, 5) is 19.3. The second-order valence-corrected chi connectivity index (χ2v) is 3.35. The fraction of sp³-hybridized carbons (Fsp3) is 0.125. The Morgan fingerprint density at radius 1 is 1.62 bits per heavy atom. The van der Waals surface area contributed by atoms with Crippen LogP contribution in [0, 0.1) is 0 Å². The molecule has 0 saturated heterocycles. The van der Waals surface area contributed by atoms with Crippen LogP contribution < -0.4 is 0 Å². The Labute approximate surface area is 82.7 Å². The first-order valence-corrected chi connectivity index (χ1v) is 4.49. The van der Waals surface area contributed by atoms with Gasteiger partial charge in [0, 0.05) is 19.3 Å². The van der Waals surface area contributed by atoms with Crippen molar-refractivity contribution in [1.29, 1.82) is 0 Å². The number of fused-ring (bicyclic) bond motifs is 1. The molecule has 4 nitrogen and oxygen atoms in total. The minimum absolute atomic E-state index is 0.0348. The van der Waals surface area contributed by atoms with Crippen LogP contribution in [0.3, 0.4) is 0 Å². The van der Waals surface area contributed by atoms with Crippen LogP contribution in [-0.4, -0.2) is 20.2 Å². The minimum atomic E-state index is -0.0348. The highest BCUT2D eigenvalue weighted by atomic mass is 79.9. The van der Waals surface area contributed by atoms with Gasteiger partial charge in [0.15, 0.2) is 5.78 Å². The molecule has 0 aliphatic carbocycles. The third kappa shape index (κ3) is 1.25. The molecule has 0 bridgehead atoms. The molecule has 0 atom stereocenters. The van der Waals surface area contributed by atoms with Crippen LogP contribution in [0.2, 0.25) is 0 Å². The Kier molecular flexibility index (Phi) is 1.88. The van der Waals surface area contributed by atoms with E-state index in [2.05, 4.69) is 25.9 Å². The summed E-state index contributed by atoms with van der Waals surface area (Å²) in [6.07, 6.45) is 3.40. The smallest absolute Gasteiger partial charge is 0.235 e. The van der Waals surface area contributed by atoms with Gasteiger partial charge in [0.2, 0.25) is 5.78 Å². The van der Waals surface area contributed by atoms with Crippen LogP contribution in [0.25, 0.3) is 5.78 Å². The van der Waals surface area contributed by atoms with Gasteiger partial charge in [-0.3, -0.25) is 9.20 Å². The van der Waals surface area contributed by atoms with Crippen molar-refractivity contribution in [1.82, 2.24) is 14.4 Å². The predicted octanol–water partition coefficient (Wildman–Crippen LogP) is 1.69. The summed E-state index contributed by atoms with van der Waals surface area (Å²) in [5, 5.41) is 0. The normalized spacial score (nSPS) is 10.6. The molecule has 2 aromatic rings. The third-order valence-corrected chi connectivity index (χ3v) is 2.25. The van der Waals surface area contributed by atoms with Crippen molar-refractivity contribution in [3.63, 3.8) is 0 Å².